The van der Waals surface area contributed by atoms with Gasteiger partial charge in [-0.15, -0.1) is 0 Å². The van der Waals surface area contributed by atoms with Gasteiger partial charge in [0.05, 0.1) is 11.3 Å². The minimum atomic E-state index is -0.227. The number of halogens is 1. The highest BCUT2D eigenvalue weighted by atomic mass is 19.1. The van der Waals surface area contributed by atoms with Gasteiger partial charge in [0, 0.05) is 37.8 Å². The second-order valence-electron chi connectivity index (χ2n) is 7.59. The van der Waals surface area contributed by atoms with Gasteiger partial charge in [-0.25, -0.2) is 14.4 Å². The van der Waals surface area contributed by atoms with Gasteiger partial charge in [0.25, 0.3) is 5.91 Å². The largest absolute Gasteiger partial charge is 0.368 e. The summed E-state index contributed by atoms with van der Waals surface area (Å²) >= 11 is 0. The quantitative estimate of drug-likeness (QED) is 0.744. The van der Waals surface area contributed by atoms with E-state index in [1.54, 1.807) is 6.92 Å². The number of rotatable bonds is 3. The Labute approximate surface area is 163 Å². The number of piperidine rings is 1. The molecule has 2 aliphatic heterocycles. The normalized spacial score (nSPS) is 25.1. The molecule has 4 rings (SSSR count). The van der Waals surface area contributed by atoms with Crippen LogP contribution in [0, 0.1) is 18.7 Å². The Morgan fingerprint density at radius 1 is 1.32 bits per heavy atom. The van der Waals surface area contributed by atoms with Crippen molar-refractivity contribution in [2.75, 3.05) is 25.4 Å². The number of nitrogens with zero attached hydrogens (tertiary/aromatic N) is 3. The van der Waals surface area contributed by atoms with E-state index < -0.39 is 0 Å². The van der Waals surface area contributed by atoms with Crippen molar-refractivity contribution in [1.29, 1.82) is 0 Å². The molecule has 2 fully saturated rings. The zero-order valence-corrected chi connectivity index (χ0v) is 15.9. The second kappa shape index (κ2) is 7.81. The zero-order chi connectivity index (χ0) is 19.7. The third-order valence-electron chi connectivity index (χ3n) is 5.80. The molecule has 1 aromatic carbocycles. The molecule has 148 valence electrons. The topological polar surface area (TPSA) is 96.2 Å². The summed E-state index contributed by atoms with van der Waals surface area (Å²) in [5, 5.41) is 0. The molecule has 3 atom stereocenters. The molecule has 2 aromatic rings. The van der Waals surface area contributed by atoms with Gasteiger partial charge in [-0.2, -0.15) is 0 Å². The second-order valence-corrected chi connectivity index (χ2v) is 7.59. The minimum Gasteiger partial charge on any atom is -0.368 e. The first kappa shape index (κ1) is 18.8. The number of aryl methyl sites for hydroxylation is 1. The predicted octanol–water partition coefficient (Wildman–Crippen LogP) is 1.62. The molecule has 3 unspecified atom stereocenters. The van der Waals surface area contributed by atoms with E-state index in [0.29, 0.717) is 23.7 Å². The van der Waals surface area contributed by atoms with Gasteiger partial charge in [0.2, 0.25) is 5.95 Å². The molecule has 1 amide bonds. The van der Waals surface area contributed by atoms with Crippen molar-refractivity contribution in [3.63, 3.8) is 0 Å². The van der Waals surface area contributed by atoms with Crippen LogP contribution < -0.4 is 16.6 Å². The number of anilines is 1. The smallest absolute Gasteiger partial charge is 0.257 e. The Hall–Kier alpha value is -2.58. The molecule has 7 nitrogen and oxygen atoms in total. The summed E-state index contributed by atoms with van der Waals surface area (Å²) < 4.78 is 13.3. The summed E-state index contributed by atoms with van der Waals surface area (Å²) in [7, 11) is 0. The van der Waals surface area contributed by atoms with Gasteiger partial charge in [0.15, 0.2) is 0 Å². The Balaban J connectivity index is 1.50. The van der Waals surface area contributed by atoms with Crippen LogP contribution in [0.1, 0.15) is 40.4 Å². The number of carbonyl (C=O) groups excluding carboxylic acids is 1. The lowest BCUT2D eigenvalue weighted by atomic mass is 9.81. The number of hydrogen-bond acceptors (Lipinski definition) is 6. The molecule has 0 saturated carbocycles. The highest BCUT2D eigenvalue weighted by Crippen LogP contribution is 2.32. The molecule has 4 N–H and O–H groups in total. The maximum Gasteiger partial charge on any atom is 0.257 e. The Morgan fingerprint density at radius 2 is 2.11 bits per heavy atom. The van der Waals surface area contributed by atoms with E-state index >= 15 is 0 Å². The van der Waals surface area contributed by atoms with Gasteiger partial charge in [0.1, 0.15) is 5.82 Å². The highest BCUT2D eigenvalue weighted by molar-refractivity contribution is 5.95. The standard InChI is InChI=1S/C20H25FN6O/c1-12-16(9-23-20(22)25-12)19(28)27-8-2-3-14(11-27)18-17(10-24-26-18)13-4-6-15(21)7-5-13/h4-7,9,14,17-18,24,26H,2-3,8,10-11H2,1H3,(H2,22,23,25). The summed E-state index contributed by atoms with van der Waals surface area (Å²) in [4.78, 5) is 23.0. The molecule has 0 bridgehead atoms. The predicted molar refractivity (Wildman–Crippen MR) is 104 cm³/mol. The Morgan fingerprint density at radius 3 is 2.86 bits per heavy atom. The first-order valence-corrected chi connectivity index (χ1v) is 9.65. The van der Waals surface area contributed by atoms with Crippen LogP contribution in [0.3, 0.4) is 0 Å². The fourth-order valence-corrected chi connectivity index (χ4v) is 4.35. The van der Waals surface area contributed by atoms with Gasteiger partial charge >= 0.3 is 0 Å². The molecule has 0 spiro atoms. The fourth-order valence-electron chi connectivity index (χ4n) is 4.35. The van der Waals surface area contributed by atoms with Crippen LogP contribution >= 0.6 is 0 Å². The average molecular weight is 384 g/mol. The molecule has 8 heteroatoms. The van der Waals surface area contributed by atoms with Crippen molar-refractivity contribution in [3.05, 3.63) is 53.1 Å². The van der Waals surface area contributed by atoms with E-state index in [2.05, 4.69) is 20.8 Å². The lowest BCUT2D eigenvalue weighted by molar-refractivity contribution is 0.0643. The van der Waals surface area contributed by atoms with Crippen LogP contribution in [-0.4, -0.2) is 46.5 Å². The van der Waals surface area contributed by atoms with Crippen LogP contribution in [0.15, 0.2) is 30.5 Å². The van der Waals surface area contributed by atoms with Crippen molar-refractivity contribution in [2.45, 2.75) is 31.7 Å². The number of hydrogen-bond donors (Lipinski definition) is 3. The molecule has 3 heterocycles. The number of amides is 1. The van der Waals surface area contributed by atoms with Crippen molar-refractivity contribution in [1.82, 2.24) is 25.7 Å². The summed E-state index contributed by atoms with van der Waals surface area (Å²) in [6, 6.07) is 6.89. The lowest BCUT2D eigenvalue weighted by Crippen LogP contribution is -2.48. The van der Waals surface area contributed by atoms with E-state index in [9.17, 15) is 9.18 Å². The number of benzene rings is 1. The molecule has 2 aliphatic rings. The number of nitrogen functional groups attached to an aromatic ring is 1. The molecule has 1 aromatic heterocycles. The zero-order valence-electron chi connectivity index (χ0n) is 15.9. The van der Waals surface area contributed by atoms with Crippen molar-refractivity contribution >= 4 is 11.9 Å². The molecule has 0 radical (unpaired) electrons. The SMILES string of the molecule is Cc1nc(N)ncc1C(=O)N1CCCC(C2NNCC2c2ccc(F)cc2)C1. The summed E-state index contributed by atoms with van der Waals surface area (Å²) in [6.07, 6.45) is 3.50. The molecule has 0 aliphatic carbocycles. The summed E-state index contributed by atoms with van der Waals surface area (Å²) in [6.45, 7) is 3.95. The van der Waals surface area contributed by atoms with Crippen molar-refractivity contribution in [2.24, 2.45) is 5.92 Å². The number of likely N-dealkylation sites (tertiary alicyclic amines) is 1. The monoisotopic (exact) mass is 384 g/mol. The van der Waals surface area contributed by atoms with E-state index in [4.69, 9.17) is 5.73 Å². The third kappa shape index (κ3) is 3.70. The number of carbonyl (C=O) groups is 1. The first-order valence-electron chi connectivity index (χ1n) is 9.65. The van der Waals surface area contributed by atoms with E-state index in [1.165, 1.54) is 18.3 Å². The third-order valence-corrected chi connectivity index (χ3v) is 5.80. The summed E-state index contributed by atoms with van der Waals surface area (Å²) in [5.74, 6) is 0.440. The van der Waals surface area contributed by atoms with E-state index in [1.807, 2.05) is 17.0 Å². The Kier molecular flexibility index (Phi) is 5.23. The number of aromatic nitrogens is 2. The van der Waals surface area contributed by atoms with Gasteiger partial charge in [-0.3, -0.25) is 15.6 Å². The summed E-state index contributed by atoms with van der Waals surface area (Å²) in [5.41, 5.74) is 14.4. The molecule has 2 saturated heterocycles. The minimum absolute atomic E-state index is 0.0495. The fraction of sp³-hybridized carbons (Fsp3) is 0.450. The van der Waals surface area contributed by atoms with Crippen LogP contribution in [0.25, 0.3) is 0 Å². The van der Waals surface area contributed by atoms with Crippen LogP contribution in [0.5, 0.6) is 0 Å². The van der Waals surface area contributed by atoms with Crippen molar-refractivity contribution < 1.29 is 9.18 Å². The van der Waals surface area contributed by atoms with Crippen LogP contribution in [-0.2, 0) is 0 Å². The maximum absolute atomic E-state index is 13.3. The van der Waals surface area contributed by atoms with Gasteiger partial charge in [-0.05, 0) is 43.4 Å². The Bertz CT molecular complexity index is 858. The van der Waals surface area contributed by atoms with Crippen LogP contribution in [0.4, 0.5) is 10.3 Å². The average Bonchev–Trinajstić information content (AvgIpc) is 3.18. The van der Waals surface area contributed by atoms with Crippen LogP contribution in [0.2, 0.25) is 0 Å². The molecular weight excluding hydrogens is 359 g/mol. The number of hydrazine groups is 1. The van der Waals surface area contributed by atoms with E-state index in [-0.39, 0.29) is 29.6 Å². The van der Waals surface area contributed by atoms with Gasteiger partial charge < -0.3 is 10.6 Å². The molecule has 28 heavy (non-hydrogen) atoms. The molecular formula is C20H25FN6O. The van der Waals surface area contributed by atoms with Crippen molar-refractivity contribution in [3.8, 4) is 0 Å². The lowest BCUT2D eigenvalue weighted by Gasteiger charge is -2.37. The first-order chi connectivity index (χ1) is 13.5. The van der Waals surface area contributed by atoms with Gasteiger partial charge in [-0.1, -0.05) is 12.1 Å². The van der Waals surface area contributed by atoms with E-state index in [0.717, 1.165) is 31.5 Å². The highest BCUT2D eigenvalue weighted by Gasteiger charge is 2.38. The maximum atomic E-state index is 13.3. The number of nitrogens with one attached hydrogen (secondary N) is 2. The number of nitrogens with two attached hydrogens (primary N) is 1.